The molecule has 0 bridgehead atoms. The molecule has 0 fully saturated rings. The molecule has 2 aromatic rings. The van der Waals surface area contributed by atoms with Crippen LogP contribution in [0.1, 0.15) is 0 Å². The Kier molecular flexibility index (Phi) is 2.38. The van der Waals surface area contributed by atoms with Gasteiger partial charge in [-0.05, 0) is 0 Å². The molecule has 2 aromatic heterocycles. The van der Waals surface area contributed by atoms with Crippen molar-refractivity contribution in [2.45, 2.75) is 12.2 Å². The Morgan fingerprint density at radius 1 is 0.722 bits per heavy atom. The minimum absolute atomic E-state index is 0.125. The predicted molar refractivity (Wildman–Crippen MR) is 68.5 cm³/mol. The van der Waals surface area contributed by atoms with Crippen LogP contribution in [-0.2, 0) is 0 Å². The molecule has 0 saturated heterocycles. The Labute approximate surface area is 112 Å². The maximum Gasteiger partial charge on any atom is 0.173 e. The normalized spacial score (nSPS) is 24.9. The third-order valence-electron chi connectivity index (χ3n) is 2.96. The average Bonchev–Trinajstić information content (AvgIpc) is 3.05. The van der Waals surface area contributed by atoms with Crippen LogP contribution in [0, 0.1) is 0 Å². The summed E-state index contributed by atoms with van der Waals surface area (Å²) in [6, 6.07) is 0. The highest BCUT2D eigenvalue weighted by Crippen LogP contribution is 2.39. The Bertz CT molecular complexity index is 512. The Hall–Kier alpha value is -1.40. The van der Waals surface area contributed by atoms with Crippen LogP contribution in [0.3, 0.4) is 0 Å². The van der Waals surface area contributed by atoms with E-state index in [4.69, 9.17) is 18.9 Å². The highest BCUT2D eigenvalue weighted by molar-refractivity contribution is 7.08. The Balaban J connectivity index is 1.53. The van der Waals surface area contributed by atoms with Crippen LogP contribution in [0.25, 0.3) is 0 Å². The highest BCUT2D eigenvalue weighted by atomic mass is 32.1. The molecule has 6 heteroatoms. The molecule has 0 radical (unpaired) electrons. The zero-order chi connectivity index (χ0) is 11.9. The van der Waals surface area contributed by atoms with Crippen molar-refractivity contribution in [3.8, 4) is 23.0 Å². The lowest BCUT2D eigenvalue weighted by molar-refractivity contribution is -0.0296. The summed E-state index contributed by atoms with van der Waals surface area (Å²) >= 11 is 3.15. The summed E-state index contributed by atoms with van der Waals surface area (Å²) in [5.41, 5.74) is 0. The van der Waals surface area contributed by atoms with Crippen LogP contribution in [0.4, 0.5) is 0 Å². The second-order valence-corrected chi connectivity index (χ2v) is 5.62. The third-order valence-corrected chi connectivity index (χ3v) is 4.36. The molecule has 2 aliphatic rings. The first-order valence-corrected chi connectivity index (χ1v) is 7.50. The van der Waals surface area contributed by atoms with Crippen molar-refractivity contribution in [3.63, 3.8) is 0 Å². The molecule has 4 heterocycles. The van der Waals surface area contributed by atoms with Gasteiger partial charge in [-0.15, -0.1) is 22.7 Å². The number of ether oxygens (including phenoxy) is 4. The van der Waals surface area contributed by atoms with E-state index < -0.39 is 0 Å². The van der Waals surface area contributed by atoms with Gasteiger partial charge in [-0.1, -0.05) is 0 Å². The summed E-state index contributed by atoms with van der Waals surface area (Å²) in [7, 11) is 0. The number of rotatable bonds is 1. The lowest BCUT2D eigenvalue weighted by Gasteiger charge is -2.33. The summed E-state index contributed by atoms with van der Waals surface area (Å²) in [4.78, 5) is 0. The molecule has 2 unspecified atom stereocenters. The summed E-state index contributed by atoms with van der Waals surface area (Å²) in [6.45, 7) is 0.995. The molecule has 2 atom stereocenters. The molecule has 94 valence electrons. The monoisotopic (exact) mass is 282 g/mol. The van der Waals surface area contributed by atoms with Crippen LogP contribution >= 0.6 is 22.7 Å². The van der Waals surface area contributed by atoms with Crippen molar-refractivity contribution >= 4 is 22.7 Å². The van der Waals surface area contributed by atoms with Crippen LogP contribution in [0.2, 0.25) is 0 Å². The van der Waals surface area contributed by atoms with Crippen molar-refractivity contribution in [2.75, 3.05) is 13.2 Å². The number of fused-ring (bicyclic) bond motifs is 2. The summed E-state index contributed by atoms with van der Waals surface area (Å²) in [5.74, 6) is 3.25. The van der Waals surface area contributed by atoms with Crippen molar-refractivity contribution in [2.24, 2.45) is 0 Å². The van der Waals surface area contributed by atoms with Gasteiger partial charge in [0.25, 0.3) is 0 Å². The van der Waals surface area contributed by atoms with Crippen LogP contribution in [-0.4, -0.2) is 25.4 Å². The third kappa shape index (κ3) is 1.64. The molecule has 0 spiro atoms. The quantitative estimate of drug-likeness (QED) is 0.806. The van der Waals surface area contributed by atoms with Crippen LogP contribution < -0.4 is 18.9 Å². The molecule has 0 amide bonds. The van der Waals surface area contributed by atoms with E-state index in [0.717, 1.165) is 23.0 Å². The minimum Gasteiger partial charge on any atom is -0.485 e. The summed E-state index contributed by atoms with van der Waals surface area (Å²) < 4.78 is 23.1. The first-order chi connectivity index (χ1) is 8.90. The van der Waals surface area contributed by atoms with Gasteiger partial charge in [0.2, 0.25) is 0 Å². The van der Waals surface area contributed by atoms with Crippen LogP contribution in [0.15, 0.2) is 21.5 Å². The van der Waals surface area contributed by atoms with Gasteiger partial charge in [0, 0.05) is 21.5 Å². The van der Waals surface area contributed by atoms with Crippen molar-refractivity contribution in [1.29, 1.82) is 0 Å². The van der Waals surface area contributed by atoms with E-state index in [9.17, 15) is 0 Å². The van der Waals surface area contributed by atoms with Gasteiger partial charge in [0.05, 0.1) is 0 Å². The van der Waals surface area contributed by atoms with Gasteiger partial charge in [-0.25, -0.2) is 0 Å². The second kappa shape index (κ2) is 4.07. The topological polar surface area (TPSA) is 36.9 Å². The fraction of sp³-hybridized carbons (Fsp3) is 0.333. The maximum atomic E-state index is 5.89. The van der Waals surface area contributed by atoms with E-state index in [1.807, 2.05) is 21.5 Å². The lowest BCUT2D eigenvalue weighted by atomic mass is 10.2. The lowest BCUT2D eigenvalue weighted by Crippen LogP contribution is -2.47. The number of hydrogen-bond donors (Lipinski definition) is 0. The van der Waals surface area contributed by atoms with E-state index in [0.29, 0.717) is 13.2 Å². The molecule has 18 heavy (non-hydrogen) atoms. The Morgan fingerprint density at radius 2 is 1.17 bits per heavy atom. The number of thiophene rings is 2. The van der Waals surface area contributed by atoms with Gasteiger partial charge in [0.15, 0.2) is 35.2 Å². The van der Waals surface area contributed by atoms with Crippen molar-refractivity contribution < 1.29 is 18.9 Å². The molecule has 0 aromatic carbocycles. The van der Waals surface area contributed by atoms with E-state index in [1.54, 1.807) is 22.7 Å². The fourth-order valence-corrected chi connectivity index (χ4v) is 3.38. The molecule has 0 aliphatic carbocycles. The van der Waals surface area contributed by atoms with Gasteiger partial charge in [0.1, 0.15) is 13.2 Å². The van der Waals surface area contributed by atoms with Crippen molar-refractivity contribution in [3.05, 3.63) is 21.5 Å². The van der Waals surface area contributed by atoms with E-state index in [1.165, 1.54) is 0 Å². The minimum atomic E-state index is -0.125. The summed E-state index contributed by atoms with van der Waals surface area (Å²) in [6.07, 6.45) is -0.250. The van der Waals surface area contributed by atoms with E-state index >= 15 is 0 Å². The zero-order valence-electron chi connectivity index (χ0n) is 9.33. The van der Waals surface area contributed by atoms with Crippen molar-refractivity contribution in [1.82, 2.24) is 0 Å². The SMILES string of the molecule is c1scc2c1OCC(C1COc3cscc3O1)O2. The molecule has 4 rings (SSSR count). The standard InChI is InChI=1S/C12H10O4S2/c1-7(15-11-5-17-3-9(11)13-1)8-2-14-10-4-18-6-12(10)16-8/h3-8H,1-2H2. The Morgan fingerprint density at radius 3 is 1.67 bits per heavy atom. The molecular formula is C12H10O4S2. The van der Waals surface area contributed by atoms with Gasteiger partial charge < -0.3 is 18.9 Å². The molecule has 4 nitrogen and oxygen atoms in total. The van der Waals surface area contributed by atoms with Gasteiger partial charge in [-0.2, -0.15) is 0 Å². The second-order valence-electron chi connectivity index (χ2n) is 4.14. The molecule has 0 N–H and O–H groups in total. The van der Waals surface area contributed by atoms with Gasteiger partial charge >= 0.3 is 0 Å². The van der Waals surface area contributed by atoms with E-state index in [2.05, 4.69) is 0 Å². The zero-order valence-corrected chi connectivity index (χ0v) is 11.0. The summed E-state index contributed by atoms with van der Waals surface area (Å²) in [5, 5.41) is 7.78. The first-order valence-electron chi connectivity index (χ1n) is 5.61. The molecular weight excluding hydrogens is 272 g/mol. The highest BCUT2D eigenvalue weighted by Gasteiger charge is 2.34. The molecule has 2 aliphatic heterocycles. The maximum absolute atomic E-state index is 5.89. The van der Waals surface area contributed by atoms with Gasteiger partial charge in [-0.3, -0.25) is 0 Å². The predicted octanol–water partition coefficient (Wildman–Crippen LogP) is 2.79. The smallest absolute Gasteiger partial charge is 0.173 e. The average molecular weight is 282 g/mol. The van der Waals surface area contributed by atoms with E-state index in [-0.39, 0.29) is 12.2 Å². The first kappa shape index (κ1) is 10.5. The largest absolute Gasteiger partial charge is 0.485 e. The number of hydrogen-bond acceptors (Lipinski definition) is 6. The van der Waals surface area contributed by atoms with Crippen LogP contribution in [0.5, 0.6) is 23.0 Å². The molecule has 0 saturated carbocycles. The fourth-order valence-electron chi connectivity index (χ4n) is 2.03.